The third kappa shape index (κ3) is 5.77. The van der Waals surface area contributed by atoms with Gasteiger partial charge in [-0.05, 0) is 43.3 Å². The van der Waals surface area contributed by atoms with E-state index in [1.54, 1.807) is 0 Å². The van der Waals surface area contributed by atoms with Crippen molar-refractivity contribution >= 4 is 23.5 Å². The molecule has 142 valence electrons. The van der Waals surface area contributed by atoms with Crippen molar-refractivity contribution in [2.24, 2.45) is 5.73 Å². The summed E-state index contributed by atoms with van der Waals surface area (Å²) in [5, 5.41) is 2.21. The number of benzene rings is 2. The number of esters is 1. The van der Waals surface area contributed by atoms with Crippen LogP contribution in [-0.2, 0) is 14.3 Å². The largest absolute Gasteiger partial charge is 0.484 e. The number of hydrogen-bond acceptors (Lipinski definition) is 5. The average Bonchev–Trinajstić information content (AvgIpc) is 2.62. The molecule has 0 fully saturated rings. The van der Waals surface area contributed by atoms with Gasteiger partial charge in [0.15, 0.2) is 12.7 Å². The van der Waals surface area contributed by atoms with Crippen molar-refractivity contribution in [3.05, 3.63) is 59.7 Å². The molecule has 0 bridgehead atoms. The number of hydrogen-bond donors (Lipinski definition) is 2. The van der Waals surface area contributed by atoms with E-state index in [0.29, 0.717) is 11.8 Å². The number of carbonyl (C=O) groups excluding carboxylic acids is 3. The molecular weight excluding hydrogens is 362 g/mol. The van der Waals surface area contributed by atoms with Crippen molar-refractivity contribution in [2.45, 2.75) is 13.0 Å². The number of primary amides is 1. The summed E-state index contributed by atoms with van der Waals surface area (Å²) in [7, 11) is 0. The molecule has 2 amide bonds. The van der Waals surface area contributed by atoms with E-state index in [2.05, 4.69) is 5.32 Å². The average molecular weight is 378 g/mol. The Hall–Kier alpha value is -3.49. The van der Waals surface area contributed by atoms with E-state index in [0.717, 1.165) is 12.1 Å². The van der Waals surface area contributed by atoms with Crippen LogP contribution in [0.15, 0.2) is 42.5 Å². The van der Waals surface area contributed by atoms with Crippen LogP contribution in [-0.4, -0.2) is 30.5 Å². The summed E-state index contributed by atoms with van der Waals surface area (Å²) in [5.41, 5.74) is 4.85. The molecular formula is C18H16F2N2O5. The van der Waals surface area contributed by atoms with Gasteiger partial charge in [-0.15, -0.1) is 0 Å². The predicted molar refractivity (Wildman–Crippen MR) is 91.0 cm³/mol. The number of carbonyl (C=O) groups is 3. The van der Waals surface area contributed by atoms with Crippen molar-refractivity contribution in [3.63, 3.8) is 0 Å². The first-order valence-electron chi connectivity index (χ1n) is 7.74. The topological polar surface area (TPSA) is 108 Å². The summed E-state index contributed by atoms with van der Waals surface area (Å²) in [6.07, 6.45) is -1.23. The highest BCUT2D eigenvalue weighted by Crippen LogP contribution is 2.16. The van der Waals surface area contributed by atoms with E-state index in [1.807, 2.05) is 0 Å². The van der Waals surface area contributed by atoms with Gasteiger partial charge in [-0.2, -0.15) is 0 Å². The molecule has 0 aliphatic rings. The quantitative estimate of drug-likeness (QED) is 0.717. The Morgan fingerprint density at radius 3 is 2.37 bits per heavy atom. The molecule has 0 spiro atoms. The summed E-state index contributed by atoms with van der Waals surface area (Å²) in [6, 6.07) is 8.27. The van der Waals surface area contributed by atoms with Gasteiger partial charge >= 0.3 is 5.97 Å². The van der Waals surface area contributed by atoms with Gasteiger partial charge in [0.05, 0.1) is 11.3 Å². The smallest absolute Gasteiger partial charge is 0.338 e. The van der Waals surface area contributed by atoms with Crippen LogP contribution in [0.3, 0.4) is 0 Å². The Labute approximate surface area is 153 Å². The van der Waals surface area contributed by atoms with Crippen molar-refractivity contribution in [1.82, 2.24) is 0 Å². The molecule has 0 aromatic heterocycles. The Balaban J connectivity index is 1.93. The van der Waals surface area contributed by atoms with Crippen molar-refractivity contribution in [2.75, 3.05) is 11.9 Å². The minimum atomic E-state index is -1.23. The number of amides is 2. The van der Waals surface area contributed by atoms with Gasteiger partial charge in [-0.3, -0.25) is 9.59 Å². The molecule has 2 aromatic carbocycles. The molecule has 9 heteroatoms. The van der Waals surface area contributed by atoms with Crippen LogP contribution in [0.5, 0.6) is 5.75 Å². The summed E-state index contributed by atoms with van der Waals surface area (Å²) in [4.78, 5) is 34.7. The number of nitrogens with two attached hydrogens (primary N) is 1. The molecule has 2 rings (SSSR count). The number of anilines is 1. The summed E-state index contributed by atoms with van der Waals surface area (Å²) in [5.74, 6) is -3.63. The van der Waals surface area contributed by atoms with Gasteiger partial charge in [0.1, 0.15) is 17.4 Å². The minimum Gasteiger partial charge on any atom is -0.484 e. The molecule has 3 N–H and O–H groups in total. The highest BCUT2D eigenvalue weighted by Gasteiger charge is 2.20. The van der Waals surface area contributed by atoms with E-state index in [1.165, 1.54) is 31.2 Å². The molecule has 0 saturated heterocycles. The molecule has 0 saturated carbocycles. The third-order valence-corrected chi connectivity index (χ3v) is 3.31. The van der Waals surface area contributed by atoms with Gasteiger partial charge in [0, 0.05) is 6.07 Å². The van der Waals surface area contributed by atoms with E-state index in [4.69, 9.17) is 15.2 Å². The summed E-state index contributed by atoms with van der Waals surface area (Å²) >= 11 is 0. The Kier molecular flexibility index (Phi) is 6.42. The lowest BCUT2D eigenvalue weighted by molar-refractivity contribution is -0.123. The molecule has 27 heavy (non-hydrogen) atoms. The molecule has 0 heterocycles. The fourth-order valence-corrected chi connectivity index (χ4v) is 1.95. The molecule has 7 nitrogen and oxygen atoms in total. The van der Waals surface area contributed by atoms with Gasteiger partial charge in [-0.25, -0.2) is 13.6 Å². The molecule has 2 aromatic rings. The molecule has 0 unspecified atom stereocenters. The standard InChI is InChI=1S/C18H16F2N2O5/c1-10(17(24)22-15-7-4-12(19)8-14(15)20)27-18(25)11-2-5-13(6-3-11)26-9-16(21)23/h2-8,10H,9H2,1H3,(H2,21,23)(H,22,24)/t10-/m0/s1. The van der Waals surface area contributed by atoms with Crippen LogP contribution < -0.4 is 15.8 Å². The van der Waals surface area contributed by atoms with E-state index in [-0.39, 0.29) is 17.9 Å². The van der Waals surface area contributed by atoms with Crippen molar-refractivity contribution < 1.29 is 32.6 Å². The summed E-state index contributed by atoms with van der Waals surface area (Å²) < 4.78 is 36.5. The molecule has 0 aliphatic heterocycles. The second-order valence-corrected chi connectivity index (χ2v) is 5.44. The maximum atomic E-state index is 13.5. The minimum absolute atomic E-state index is 0.133. The number of ether oxygens (including phenoxy) is 2. The number of halogens is 2. The van der Waals surface area contributed by atoms with Crippen LogP contribution in [0.2, 0.25) is 0 Å². The normalized spacial score (nSPS) is 11.4. The van der Waals surface area contributed by atoms with Crippen LogP contribution in [0.4, 0.5) is 14.5 Å². The Morgan fingerprint density at radius 1 is 1.11 bits per heavy atom. The molecule has 0 aliphatic carbocycles. The molecule has 0 radical (unpaired) electrons. The van der Waals surface area contributed by atoms with Gasteiger partial charge in [0.25, 0.3) is 11.8 Å². The zero-order chi connectivity index (χ0) is 20.0. The zero-order valence-corrected chi connectivity index (χ0v) is 14.2. The van der Waals surface area contributed by atoms with E-state index in [9.17, 15) is 23.2 Å². The highest BCUT2D eigenvalue weighted by atomic mass is 19.1. The van der Waals surface area contributed by atoms with Crippen LogP contribution in [0, 0.1) is 11.6 Å². The molecule has 1 atom stereocenters. The lowest BCUT2D eigenvalue weighted by Gasteiger charge is -2.14. The van der Waals surface area contributed by atoms with Crippen LogP contribution in [0.1, 0.15) is 17.3 Å². The Bertz CT molecular complexity index is 855. The Morgan fingerprint density at radius 2 is 1.78 bits per heavy atom. The SMILES string of the molecule is C[C@H](OC(=O)c1ccc(OCC(N)=O)cc1)C(=O)Nc1ccc(F)cc1F. The first-order valence-corrected chi connectivity index (χ1v) is 7.74. The van der Waals surface area contributed by atoms with Gasteiger partial charge in [0.2, 0.25) is 0 Å². The second kappa shape index (κ2) is 8.75. The first-order chi connectivity index (χ1) is 12.8. The van der Waals surface area contributed by atoms with Gasteiger partial charge < -0.3 is 20.5 Å². The van der Waals surface area contributed by atoms with Gasteiger partial charge in [-0.1, -0.05) is 0 Å². The fourth-order valence-electron chi connectivity index (χ4n) is 1.95. The number of rotatable bonds is 7. The first kappa shape index (κ1) is 19.8. The van der Waals surface area contributed by atoms with Crippen LogP contribution >= 0.6 is 0 Å². The maximum Gasteiger partial charge on any atom is 0.338 e. The van der Waals surface area contributed by atoms with E-state index < -0.39 is 35.5 Å². The zero-order valence-electron chi connectivity index (χ0n) is 14.2. The predicted octanol–water partition coefficient (Wildman–Crippen LogP) is 2.01. The van der Waals surface area contributed by atoms with Crippen molar-refractivity contribution in [3.8, 4) is 5.75 Å². The van der Waals surface area contributed by atoms with Crippen molar-refractivity contribution in [1.29, 1.82) is 0 Å². The third-order valence-electron chi connectivity index (χ3n) is 3.31. The second-order valence-electron chi connectivity index (χ2n) is 5.44. The number of nitrogens with one attached hydrogen (secondary N) is 1. The van der Waals surface area contributed by atoms with E-state index >= 15 is 0 Å². The summed E-state index contributed by atoms with van der Waals surface area (Å²) in [6.45, 7) is 1.000. The van der Waals surface area contributed by atoms with Crippen LogP contribution in [0.25, 0.3) is 0 Å². The lowest BCUT2D eigenvalue weighted by atomic mass is 10.2. The highest BCUT2D eigenvalue weighted by molar-refractivity contribution is 5.97. The fraction of sp³-hybridized carbons (Fsp3) is 0.167. The lowest BCUT2D eigenvalue weighted by Crippen LogP contribution is -2.30. The monoisotopic (exact) mass is 378 g/mol. The maximum absolute atomic E-state index is 13.5.